The summed E-state index contributed by atoms with van der Waals surface area (Å²) >= 11 is 0. The first-order valence-electron chi connectivity index (χ1n) is 7.04. The normalized spacial score (nSPS) is 10.5. The number of hydrogen-bond donors (Lipinski definition) is 0. The molecule has 0 heterocycles. The van der Waals surface area contributed by atoms with Crippen LogP contribution in [0.4, 0.5) is 0 Å². The summed E-state index contributed by atoms with van der Waals surface area (Å²) in [6, 6.07) is 19.5. The van der Waals surface area contributed by atoms with Gasteiger partial charge in [0, 0.05) is 23.3 Å². The summed E-state index contributed by atoms with van der Waals surface area (Å²) in [6.45, 7) is 1.41. The summed E-state index contributed by atoms with van der Waals surface area (Å²) in [5, 5.41) is 1.77. The molecule has 3 aromatic rings. The van der Waals surface area contributed by atoms with E-state index < -0.39 is 0 Å². The van der Waals surface area contributed by atoms with Crippen molar-refractivity contribution in [2.24, 2.45) is 0 Å². The Morgan fingerprint density at radius 2 is 1.55 bits per heavy atom. The first-order valence-corrected chi connectivity index (χ1v) is 7.04. The van der Waals surface area contributed by atoms with Crippen LogP contribution in [0, 0.1) is 0 Å². The molecule has 0 saturated carbocycles. The van der Waals surface area contributed by atoms with Gasteiger partial charge in [-0.1, -0.05) is 54.6 Å². The molecule has 3 rings (SSSR count). The zero-order chi connectivity index (χ0) is 15.5. The van der Waals surface area contributed by atoms with Gasteiger partial charge >= 0.3 is 5.97 Å². The Bertz CT molecular complexity index is 823. The van der Waals surface area contributed by atoms with Crippen LogP contribution in [0.25, 0.3) is 21.9 Å². The molecule has 0 aromatic heterocycles. The number of carbonyl (C=O) groups excluding carboxylic acids is 1. The predicted octanol–water partition coefficient (Wildman–Crippen LogP) is 4.44. The number of rotatable bonds is 3. The van der Waals surface area contributed by atoms with Crippen LogP contribution in [0.3, 0.4) is 0 Å². The van der Waals surface area contributed by atoms with Crippen molar-refractivity contribution in [1.29, 1.82) is 0 Å². The van der Waals surface area contributed by atoms with E-state index >= 15 is 0 Å². The summed E-state index contributed by atoms with van der Waals surface area (Å²) < 4.78 is 11.0. The van der Waals surface area contributed by atoms with Crippen LogP contribution in [0.15, 0.2) is 60.7 Å². The fourth-order valence-electron chi connectivity index (χ4n) is 2.57. The van der Waals surface area contributed by atoms with Gasteiger partial charge in [0.15, 0.2) is 0 Å². The monoisotopic (exact) mass is 292 g/mol. The van der Waals surface area contributed by atoms with Gasteiger partial charge in [0.25, 0.3) is 0 Å². The van der Waals surface area contributed by atoms with Crippen molar-refractivity contribution in [2.45, 2.75) is 6.92 Å². The van der Waals surface area contributed by atoms with Crippen LogP contribution < -0.4 is 9.47 Å². The molecule has 0 aliphatic heterocycles. The third-order valence-electron chi connectivity index (χ3n) is 3.51. The smallest absolute Gasteiger partial charge is 0.308 e. The van der Waals surface area contributed by atoms with Crippen molar-refractivity contribution < 1.29 is 14.3 Å². The Kier molecular flexibility index (Phi) is 3.79. The minimum atomic E-state index is -0.340. The van der Waals surface area contributed by atoms with E-state index in [1.807, 2.05) is 60.7 Å². The molecule has 0 atom stereocenters. The molecule has 0 radical (unpaired) electrons. The molecule has 0 aliphatic rings. The molecule has 0 N–H and O–H groups in total. The Balaban J connectivity index is 2.36. The van der Waals surface area contributed by atoms with Crippen molar-refractivity contribution in [3.05, 3.63) is 60.7 Å². The summed E-state index contributed by atoms with van der Waals surface area (Å²) in [5.41, 5.74) is 1.81. The molecule has 110 valence electrons. The highest BCUT2D eigenvalue weighted by Gasteiger charge is 2.16. The predicted molar refractivity (Wildman–Crippen MR) is 87.2 cm³/mol. The number of fused-ring (bicyclic) bond motifs is 1. The maximum absolute atomic E-state index is 11.5. The molecule has 0 unspecified atom stereocenters. The van der Waals surface area contributed by atoms with Gasteiger partial charge in [-0.15, -0.1) is 0 Å². The summed E-state index contributed by atoms with van der Waals surface area (Å²) in [5.74, 6) is 0.980. The van der Waals surface area contributed by atoms with Gasteiger partial charge in [0.05, 0.1) is 7.11 Å². The van der Waals surface area contributed by atoms with E-state index in [0.717, 1.165) is 27.6 Å². The highest BCUT2D eigenvalue weighted by molar-refractivity contribution is 6.00. The molecule has 3 nitrogen and oxygen atoms in total. The second kappa shape index (κ2) is 5.90. The Hall–Kier alpha value is -2.81. The Morgan fingerprint density at radius 1 is 0.909 bits per heavy atom. The number of hydrogen-bond acceptors (Lipinski definition) is 3. The SMILES string of the molecule is COc1cc(-c2ccccc2)c(OC(C)=O)c2ccccc12. The molecule has 0 amide bonds. The van der Waals surface area contributed by atoms with Crippen LogP contribution in [-0.2, 0) is 4.79 Å². The van der Waals surface area contributed by atoms with Crippen molar-refractivity contribution in [1.82, 2.24) is 0 Å². The first kappa shape index (κ1) is 14.1. The molecule has 0 fully saturated rings. The fourth-order valence-corrected chi connectivity index (χ4v) is 2.57. The lowest BCUT2D eigenvalue weighted by atomic mass is 9.98. The van der Waals surface area contributed by atoms with Gasteiger partial charge in [0.1, 0.15) is 11.5 Å². The van der Waals surface area contributed by atoms with Crippen LogP contribution in [0.5, 0.6) is 11.5 Å². The lowest BCUT2D eigenvalue weighted by Crippen LogP contribution is -2.04. The summed E-state index contributed by atoms with van der Waals surface area (Å²) in [7, 11) is 1.64. The molecule has 0 spiro atoms. The highest BCUT2D eigenvalue weighted by Crippen LogP contribution is 2.41. The molecule has 0 saturated heterocycles. The second-order valence-corrected chi connectivity index (χ2v) is 4.96. The van der Waals surface area contributed by atoms with E-state index in [9.17, 15) is 4.79 Å². The number of carbonyl (C=O) groups is 1. The van der Waals surface area contributed by atoms with Gasteiger partial charge in [-0.3, -0.25) is 4.79 Å². The van der Waals surface area contributed by atoms with Gasteiger partial charge < -0.3 is 9.47 Å². The second-order valence-electron chi connectivity index (χ2n) is 4.96. The topological polar surface area (TPSA) is 35.5 Å². The first-order chi connectivity index (χ1) is 10.7. The maximum atomic E-state index is 11.5. The van der Waals surface area contributed by atoms with E-state index in [1.54, 1.807) is 7.11 Å². The summed E-state index contributed by atoms with van der Waals surface area (Å²) in [4.78, 5) is 11.5. The molecule has 0 aliphatic carbocycles. The van der Waals surface area contributed by atoms with Crippen LogP contribution >= 0.6 is 0 Å². The lowest BCUT2D eigenvalue weighted by molar-refractivity contribution is -0.131. The Labute approximate surface area is 129 Å². The average Bonchev–Trinajstić information content (AvgIpc) is 2.55. The van der Waals surface area contributed by atoms with Crippen molar-refractivity contribution in [3.8, 4) is 22.6 Å². The van der Waals surface area contributed by atoms with E-state index in [-0.39, 0.29) is 5.97 Å². The zero-order valence-electron chi connectivity index (χ0n) is 12.5. The Morgan fingerprint density at radius 3 is 2.18 bits per heavy atom. The maximum Gasteiger partial charge on any atom is 0.308 e. The lowest BCUT2D eigenvalue weighted by Gasteiger charge is -2.15. The minimum absolute atomic E-state index is 0.340. The van der Waals surface area contributed by atoms with Crippen LogP contribution in [-0.4, -0.2) is 13.1 Å². The van der Waals surface area contributed by atoms with Gasteiger partial charge in [-0.05, 0) is 11.6 Å². The third-order valence-corrected chi connectivity index (χ3v) is 3.51. The number of benzene rings is 3. The van der Waals surface area contributed by atoms with E-state index in [1.165, 1.54) is 6.92 Å². The van der Waals surface area contributed by atoms with Crippen molar-refractivity contribution in [2.75, 3.05) is 7.11 Å². The fraction of sp³-hybridized carbons (Fsp3) is 0.105. The molecule has 3 aromatic carbocycles. The minimum Gasteiger partial charge on any atom is -0.496 e. The van der Waals surface area contributed by atoms with E-state index in [2.05, 4.69) is 0 Å². The molecule has 22 heavy (non-hydrogen) atoms. The number of methoxy groups -OCH3 is 1. The van der Waals surface area contributed by atoms with E-state index in [4.69, 9.17) is 9.47 Å². The van der Waals surface area contributed by atoms with Crippen LogP contribution in [0.1, 0.15) is 6.92 Å². The molecular formula is C19H16O3. The van der Waals surface area contributed by atoms with E-state index in [0.29, 0.717) is 5.75 Å². The van der Waals surface area contributed by atoms with Crippen LogP contribution in [0.2, 0.25) is 0 Å². The van der Waals surface area contributed by atoms with Crippen molar-refractivity contribution >= 4 is 16.7 Å². The average molecular weight is 292 g/mol. The highest BCUT2D eigenvalue weighted by atomic mass is 16.5. The molecule has 3 heteroatoms. The van der Waals surface area contributed by atoms with Crippen molar-refractivity contribution in [3.63, 3.8) is 0 Å². The third kappa shape index (κ3) is 2.53. The molecule has 0 bridgehead atoms. The van der Waals surface area contributed by atoms with Gasteiger partial charge in [-0.25, -0.2) is 0 Å². The zero-order valence-corrected chi connectivity index (χ0v) is 12.5. The largest absolute Gasteiger partial charge is 0.496 e. The number of ether oxygens (including phenoxy) is 2. The number of esters is 1. The standard InChI is InChI=1S/C19H16O3/c1-13(20)22-19-16-11-7-6-10-15(16)18(21-2)12-17(19)14-8-4-3-5-9-14/h3-12H,1-2H3. The quantitative estimate of drug-likeness (QED) is 0.529. The molecular weight excluding hydrogens is 276 g/mol. The summed E-state index contributed by atoms with van der Waals surface area (Å²) in [6.07, 6.45) is 0. The van der Waals surface area contributed by atoms with Gasteiger partial charge in [0.2, 0.25) is 0 Å². The van der Waals surface area contributed by atoms with Gasteiger partial charge in [-0.2, -0.15) is 0 Å².